The number of fused-ring (bicyclic) bond motifs is 1. The average Bonchev–Trinajstić information content (AvgIpc) is 3.54. The van der Waals surface area contributed by atoms with E-state index in [4.69, 9.17) is 11.6 Å². The summed E-state index contributed by atoms with van der Waals surface area (Å²) in [5, 5.41) is 2.73. The topological polar surface area (TPSA) is 40.6 Å². The highest BCUT2D eigenvalue weighted by molar-refractivity contribution is 7.10. The Morgan fingerprint density at radius 2 is 1.79 bits per heavy atom. The van der Waals surface area contributed by atoms with Gasteiger partial charge in [-0.2, -0.15) is 0 Å². The van der Waals surface area contributed by atoms with Crippen LogP contribution in [0.25, 0.3) is 0 Å². The summed E-state index contributed by atoms with van der Waals surface area (Å²) in [6.45, 7) is 0.679. The maximum absolute atomic E-state index is 13.6. The molecule has 170 valence electrons. The minimum atomic E-state index is -0.327. The Hall–Kier alpha value is -2.70. The van der Waals surface area contributed by atoms with Crippen LogP contribution in [0.5, 0.6) is 0 Å². The van der Waals surface area contributed by atoms with Gasteiger partial charge < -0.3 is 9.80 Å². The van der Waals surface area contributed by atoms with Crippen LogP contribution in [-0.4, -0.2) is 40.7 Å². The zero-order valence-corrected chi connectivity index (χ0v) is 19.6. The first-order valence-corrected chi connectivity index (χ1v) is 12.4. The van der Waals surface area contributed by atoms with E-state index in [2.05, 4.69) is 11.4 Å². The molecular formula is C26H24ClFN2O2S. The average molecular weight is 483 g/mol. The van der Waals surface area contributed by atoms with Gasteiger partial charge in [-0.15, -0.1) is 11.3 Å². The highest BCUT2D eigenvalue weighted by atomic mass is 35.5. The Morgan fingerprint density at radius 3 is 2.48 bits per heavy atom. The third kappa shape index (κ3) is 4.82. The molecule has 0 saturated heterocycles. The van der Waals surface area contributed by atoms with Gasteiger partial charge in [-0.25, -0.2) is 4.39 Å². The van der Waals surface area contributed by atoms with Crippen LogP contribution in [0.3, 0.4) is 0 Å². The van der Waals surface area contributed by atoms with E-state index < -0.39 is 0 Å². The highest BCUT2D eigenvalue weighted by Crippen LogP contribution is 2.38. The van der Waals surface area contributed by atoms with Gasteiger partial charge in [-0.1, -0.05) is 35.9 Å². The Kier molecular flexibility index (Phi) is 6.21. The fourth-order valence-electron chi connectivity index (χ4n) is 4.51. The molecule has 1 saturated carbocycles. The maximum atomic E-state index is 13.6. The second kappa shape index (κ2) is 9.27. The fourth-order valence-corrected chi connectivity index (χ4v) is 5.54. The van der Waals surface area contributed by atoms with Crippen molar-refractivity contribution in [1.82, 2.24) is 9.80 Å². The van der Waals surface area contributed by atoms with Gasteiger partial charge in [0.15, 0.2) is 0 Å². The predicted molar refractivity (Wildman–Crippen MR) is 128 cm³/mol. The smallest absolute Gasteiger partial charge is 0.243 e. The number of halogens is 2. The summed E-state index contributed by atoms with van der Waals surface area (Å²) in [6, 6.07) is 15.6. The normalized spacial score (nSPS) is 17.5. The SMILES string of the molecule is O=C(Cc1ccc(F)cc1)N(CC(=O)N1CCc2sccc2C1c1ccc(Cl)cc1)C1CC1. The minimum Gasteiger partial charge on any atom is -0.330 e. The van der Waals surface area contributed by atoms with Crippen LogP contribution in [0.4, 0.5) is 4.39 Å². The van der Waals surface area contributed by atoms with Crippen molar-refractivity contribution in [3.8, 4) is 0 Å². The van der Waals surface area contributed by atoms with Crippen LogP contribution < -0.4 is 0 Å². The van der Waals surface area contributed by atoms with Gasteiger partial charge in [0.1, 0.15) is 12.4 Å². The summed E-state index contributed by atoms with van der Waals surface area (Å²) in [5.74, 6) is -0.466. The Bertz CT molecular complexity index is 1160. The van der Waals surface area contributed by atoms with Crippen molar-refractivity contribution in [3.63, 3.8) is 0 Å². The molecule has 0 bridgehead atoms. The van der Waals surface area contributed by atoms with Gasteiger partial charge in [-0.3, -0.25) is 9.59 Å². The van der Waals surface area contributed by atoms with E-state index in [9.17, 15) is 14.0 Å². The number of thiophene rings is 1. The summed E-state index contributed by atoms with van der Waals surface area (Å²) in [6.07, 6.45) is 2.81. The molecule has 2 aromatic carbocycles. The third-order valence-electron chi connectivity index (χ3n) is 6.35. The van der Waals surface area contributed by atoms with E-state index in [0.29, 0.717) is 11.6 Å². The Balaban J connectivity index is 1.37. The molecule has 0 radical (unpaired) electrons. The fraction of sp³-hybridized carbons (Fsp3) is 0.308. The van der Waals surface area contributed by atoms with Crippen LogP contribution in [-0.2, 0) is 22.4 Å². The number of hydrogen-bond donors (Lipinski definition) is 0. The largest absolute Gasteiger partial charge is 0.330 e. The van der Waals surface area contributed by atoms with Gasteiger partial charge in [-0.05, 0) is 71.7 Å². The molecule has 7 heteroatoms. The number of amides is 2. The number of benzene rings is 2. The van der Waals surface area contributed by atoms with Crippen molar-refractivity contribution >= 4 is 34.8 Å². The number of hydrogen-bond acceptors (Lipinski definition) is 3. The molecule has 1 fully saturated rings. The number of carbonyl (C=O) groups excluding carboxylic acids is 2. The van der Waals surface area contributed by atoms with E-state index in [1.807, 2.05) is 29.2 Å². The van der Waals surface area contributed by atoms with E-state index in [1.54, 1.807) is 28.4 Å². The number of carbonyl (C=O) groups is 2. The predicted octanol–water partition coefficient (Wildman–Crippen LogP) is 5.25. The minimum absolute atomic E-state index is 0.0499. The molecule has 33 heavy (non-hydrogen) atoms. The Labute approximate surface area is 201 Å². The first-order valence-electron chi connectivity index (χ1n) is 11.1. The summed E-state index contributed by atoms with van der Waals surface area (Å²) < 4.78 is 13.2. The molecule has 0 N–H and O–H groups in total. The van der Waals surface area contributed by atoms with Crippen molar-refractivity contribution in [2.45, 2.75) is 37.8 Å². The van der Waals surface area contributed by atoms with Gasteiger partial charge in [0.2, 0.25) is 11.8 Å². The zero-order valence-electron chi connectivity index (χ0n) is 18.0. The first-order chi connectivity index (χ1) is 16.0. The molecule has 3 aromatic rings. The number of nitrogens with zero attached hydrogens (tertiary/aromatic N) is 2. The lowest BCUT2D eigenvalue weighted by molar-refractivity contribution is -0.142. The molecule has 1 atom stereocenters. The molecule has 2 amide bonds. The van der Waals surface area contributed by atoms with Crippen molar-refractivity contribution in [1.29, 1.82) is 0 Å². The summed E-state index contributed by atoms with van der Waals surface area (Å²) in [7, 11) is 0. The van der Waals surface area contributed by atoms with Crippen molar-refractivity contribution < 1.29 is 14.0 Å². The molecule has 1 aliphatic carbocycles. The van der Waals surface area contributed by atoms with Gasteiger partial charge in [0.05, 0.1) is 12.5 Å². The monoisotopic (exact) mass is 482 g/mol. The summed E-state index contributed by atoms with van der Waals surface area (Å²) in [4.78, 5) is 31.6. The lowest BCUT2D eigenvalue weighted by Crippen LogP contribution is -2.47. The van der Waals surface area contributed by atoms with Crippen LogP contribution in [0.1, 0.15) is 40.5 Å². The molecule has 2 heterocycles. The lowest BCUT2D eigenvalue weighted by Gasteiger charge is -2.37. The summed E-state index contributed by atoms with van der Waals surface area (Å²) >= 11 is 7.83. The molecule has 2 aliphatic rings. The van der Waals surface area contributed by atoms with Crippen molar-refractivity contribution in [3.05, 3.63) is 92.4 Å². The highest BCUT2D eigenvalue weighted by Gasteiger charge is 2.38. The quantitative estimate of drug-likeness (QED) is 0.481. The van der Waals surface area contributed by atoms with E-state index in [-0.39, 0.29) is 42.7 Å². The van der Waals surface area contributed by atoms with E-state index in [0.717, 1.165) is 36.0 Å². The van der Waals surface area contributed by atoms with Crippen molar-refractivity contribution in [2.75, 3.05) is 13.1 Å². The molecule has 5 rings (SSSR count). The van der Waals surface area contributed by atoms with E-state index in [1.165, 1.54) is 17.0 Å². The van der Waals surface area contributed by atoms with Crippen LogP contribution in [0.15, 0.2) is 60.0 Å². The molecule has 0 spiro atoms. The molecule has 1 unspecified atom stereocenters. The van der Waals surface area contributed by atoms with Gasteiger partial charge in [0.25, 0.3) is 0 Å². The third-order valence-corrected chi connectivity index (χ3v) is 7.60. The second-order valence-corrected chi connectivity index (χ2v) is 10.1. The molecule has 1 aliphatic heterocycles. The van der Waals surface area contributed by atoms with Crippen molar-refractivity contribution in [2.24, 2.45) is 0 Å². The van der Waals surface area contributed by atoms with Crippen LogP contribution in [0.2, 0.25) is 5.02 Å². The second-order valence-electron chi connectivity index (χ2n) is 8.65. The van der Waals surface area contributed by atoms with E-state index >= 15 is 0 Å². The first kappa shape index (κ1) is 22.1. The van der Waals surface area contributed by atoms with Gasteiger partial charge >= 0.3 is 0 Å². The maximum Gasteiger partial charge on any atom is 0.243 e. The summed E-state index contributed by atoms with van der Waals surface area (Å²) in [5.41, 5.74) is 2.92. The molecule has 4 nitrogen and oxygen atoms in total. The van der Waals surface area contributed by atoms with Crippen LogP contribution in [0, 0.1) is 5.82 Å². The lowest BCUT2D eigenvalue weighted by atomic mass is 9.93. The number of rotatable bonds is 6. The molecule has 1 aromatic heterocycles. The van der Waals surface area contributed by atoms with Gasteiger partial charge in [0, 0.05) is 22.5 Å². The molecular weight excluding hydrogens is 459 g/mol. The standard InChI is InChI=1S/C26H24ClFN2O2S/c27-19-5-3-18(4-6-19)26-22-12-14-33-23(22)11-13-29(26)25(32)16-30(21-9-10-21)24(31)15-17-1-7-20(28)8-2-17/h1-8,12,14,21,26H,9-11,13,15-16H2. The van der Waals surface area contributed by atoms with Crippen LogP contribution >= 0.6 is 22.9 Å². The zero-order chi connectivity index (χ0) is 22.9. The Morgan fingerprint density at radius 1 is 1.06 bits per heavy atom.